The summed E-state index contributed by atoms with van der Waals surface area (Å²) < 4.78 is 0.977. The maximum absolute atomic E-state index is 6.02. The van der Waals surface area contributed by atoms with Crippen molar-refractivity contribution in [2.75, 3.05) is 0 Å². The van der Waals surface area contributed by atoms with Crippen LogP contribution in [0.3, 0.4) is 0 Å². The van der Waals surface area contributed by atoms with Gasteiger partial charge in [-0.15, -0.1) is 10.2 Å². The Morgan fingerprint density at radius 1 is 1.36 bits per heavy atom. The first-order valence-corrected chi connectivity index (χ1v) is 6.23. The van der Waals surface area contributed by atoms with Gasteiger partial charge in [0.1, 0.15) is 5.51 Å². The van der Waals surface area contributed by atoms with Crippen molar-refractivity contribution in [3.8, 4) is 0 Å². The summed E-state index contributed by atoms with van der Waals surface area (Å²) in [5.41, 5.74) is 2.86. The summed E-state index contributed by atoms with van der Waals surface area (Å²) >= 11 is 9.22. The first-order valence-electron chi connectivity index (χ1n) is 3.98. The van der Waals surface area contributed by atoms with Crippen molar-refractivity contribution < 1.29 is 0 Å². The molecule has 72 valence electrons. The van der Waals surface area contributed by atoms with Gasteiger partial charge in [-0.05, 0) is 11.6 Å². The van der Waals surface area contributed by atoms with Crippen LogP contribution in [0.4, 0.5) is 0 Å². The summed E-state index contributed by atoms with van der Waals surface area (Å²) in [6.07, 6.45) is 0. The maximum Gasteiger partial charge on any atom is 0.174 e. The molecule has 1 aromatic carbocycles. The molecule has 1 heterocycles. The fourth-order valence-corrected chi connectivity index (χ4v) is 2.75. The van der Waals surface area contributed by atoms with E-state index < -0.39 is 0 Å². The van der Waals surface area contributed by atoms with Crippen molar-refractivity contribution in [1.29, 1.82) is 0 Å². The standard InChI is InChI=1S/C9H7ClN2S2/c10-8-4-2-1-3-7(8)5-13-9-12-11-6-14-9/h1-4,6H,5H2. The van der Waals surface area contributed by atoms with E-state index in [9.17, 15) is 0 Å². The maximum atomic E-state index is 6.02. The lowest BCUT2D eigenvalue weighted by Crippen LogP contribution is -1.81. The van der Waals surface area contributed by atoms with Crippen molar-refractivity contribution in [2.45, 2.75) is 10.1 Å². The van der Waals surface area contributed by atoms with E-state index in [2.05, 4.69) is 10.2 Å². The van der Waals surface area contributed by atoms with Gasteiger partial charge in [-0.1, -0.05) is 52.9 Å². The average molecular weight is 243 g/mol. The first-order chi connectivity index (χ1) is 6.86. The molecule has 0 aliphatic rings. The molecule has 0 atom stereocenters. The molecule has 0 aliphatic heterocycles. The zero-order chi connectivity index (χ0) is 9.80. The largest absolute Gasteiger partial charge is 0.174 e. The Morgan fingerprint density at radius 3 is 2.93 bits per heavy atom. The fourth-order valence-electron chi connectivity index (χ4n) is 0.981. The second-order valence-corrected chi connectivity index (χ2v) is 5.05. The molecule has 0 bridgehead atoms. The SMILES string of the molecule is Clc1ccccc1CSc1nncs1. The number of thioether (sulfide) groups is 1. The first kappa shape index (κ1) is 9.96. The molecular weight excluding hydrogens is 236 g/mol. The van der Waals surface area contributed by atoms with Crippen LogP contribution in [-0.2, 0) is 5.75 Å². The number of benzene rings is 1. The van der Waals surface area contributed by atoms with E-state index in [4.69, 9.17) is 11.6 Å². The summed E-state index contributed by atoms with van der Waals surface area (Å²) in [5.74, 6) is 0.842. The van der Waals surface area contributed by atoms with Crippen LogP contribution in [-0.4, -0.2) is 10.2 Å². The predicted octanol–water partition coefficient (Wildman–Crippen LogP) is 3.48. The van der Waals surface area contributed by atoms with Crippen LogP contribution < -0.4 is 0 Å². The van der Waals surface area contributed by atoms with E-state index in [1.54, 1.807) is 28.6 Å². The topological polar surface area (TPSA) is 25.8 Å². The molecule has 0 N–H and O–H groups in total. The summed E-state index contributed by atoms with van der Waals surface area (Å²) in [4.78, 5) is 0. The van der Waals surface area contributed by atoms with E-state index in [1.807, 2.05) is 24.3 Å². The lowest BCUT2D eigenvalue weighted by atomic mass is 10.2. The molecule has 1 aromatic heterocycles. The van der Waals surface area contributed by atoms with Crippen LogP contribution in [0.5, 0.6) is 0 Å². The highest BCUT2D eigenvalue weighted by atomic mass is 35.5. The van der Waals surface area contributed by atoms with Crippen molar-refractivity contribution >= 4 is 34.7 Å². The van der Waals surface area contributed by atoms with Crippen molar-refractivity contribution in [3.05, 3.63) is 40.4 Å². The minimum atomic E-state index is 0.810. The van der Waals surface area contributed by atoms with Gasteiger partial charge in [-0.3, -0.25) is 0 Å². The Bertz CT molecular complexity index is 403. The lowest BCUT2D eigenvalue weighted by molar-refractivity contribution is 1.01. The zero-order valence-electron chi connectivity index (χ0n) is 7.18. The molecule has 5 heteroatoms. The highest BCUT2D eigenvalue weighted by molar-refractivity contribution is 8.00. The van der Waals surface area contributed by atoms with Gasteiger partial charge >= 0.3 is 0 Å². The third-order valence-electron chi connectivity index (χ3n) is 1.65. The van der Waals surface area contributed by atoms with Crippen molar-refractivity contribution in [2.24, 2.45) is 0 Å². The molecule has 0 radical (unpaired) electrons. The van der Waals surface area contributed by atoms with E-state index in [0.717, 1.165) is 20.7 Å². The van der Waals surface area contributed by atoms with Gasteiger partial charge in [0.05, 0.1) is 0 Å². The summed E-state index contributed by atoms with van der Waals surface area (Å²) in [7, 11) is 0. The molecular formula is C9H7ClN2S2. The molecule has 0 unspecified atom stereocenters. The zero-order valence-corrected chi connectivity index (χ0v) is 9.57. The lowest BCUT2D eigenvalue weighted by Gasteiger charge is -2.00. The smallest absolute Gasteiger partial charge is 0.146 e. The molecule has 0 fully saturated rings. The Kier molecular flexibility index (Phi) is 3.39. The molecule has 0 spiro atoms. The molecule has 0 amide bonds. The van der Waals surface area contributed by atoms with Crippen LogP contribution >= 0.6 is 34.7 Å². The van der Waals surface area contributed by atoms with Crippen LogP contribution in [0.2, 0.25) is 5.02 Å². The predicted molar refractivity (Wildman–Crippen MR) is 60.9 cm³/mol. The Balaban J connectivity index is 2.02. The molecule has 0 saturated heterocycles. The van der Waals surface area contributed by atoms with Gasteiger partial charge in [0.25, 0.3) is 0 Å². The Morgan fingerprint density at radius 2 is 2.21 bits per heavy atom. The number of aromatic nitrogens is 2. The summed E-state index contributed by atoms with van der Waals surface area (Å²) in [6.45, 7) is 0. The van der Waals surface area contributed by atoms with Gasteiger partial charge in [-0.25, -0.2) is 0 Å². The number of halogens is 1. The Labute approximate surface area is 95.3 Å². The summed E-state index contributed by atoms with van der Waals surface area (Å²) in [5, 5.41) is 8.53. The fraction of sp³-hybridized carbons (Fsp3) is 0.111. The number of hydrogen-bond acceptors (Lipinski definition) is 4. The normalized spacial score (nSPS) is 10.4. The monoisotopic (exact) mass is 242 g/mol. The molecule has 14 heavy (non-hydrogen) atoms. The van der Waals surface area contributed by atoms with Crippen molar-refractivity contribution in [1.82, 2.24) is 10.2 Å². The third kappa shape index (κ3) is 2.47. The van der Waals surface area contributed by atoms with Crippen LogP contribution in [0.15, 0.2) is 34.1 Å². The Hall–Kier alpha value is -0.580. The number of nitrogens with zero attached hydrogens (tertiary/aromatic N) is 2. The highest BCUT2D eigenvalue weighted by Crippen LogP contribution is 2.26. The molecule has 0 aliphatic carbocycles. The third-order valence-corrected chi connectivity index (χ3v) is 3.93. The number of rotatable bonds is 3. The van der Waals surface area contributed by atoms with Crippen LogP contribution in [0.1, 0.15) is 5.56 Å². The minimum Gasteiger partial charge on any atom is -0.146 e. The molecule has 2 nitrogen and oxygen atoms in total. The molecule has 2 rings (SSSR count). The number of hydrogen-bond donors (Lipinski definition) is 0. The van der Waals surface area contributed by atoms with E-state index in [1.165, 1.54) is 0 Å². The van der Waals surface area contributed by atoms with Gasteiger partial charge in [0, 0.05) is 10.8 Å². The van der Waals surface area contributed by atoms with E-state index >= 15 is 0 Å². The highest BCUT2D eigenvalue weighted by Gasteiger charge is 2.01. The van der Waals surface area contributed by atoms with Gasteiger partial charge in [-0.2, -0.15) is 0 Å². The summed E-state index contributed by atoms with van der Waals surface area (Å²) in [6, 6.07) is 7.84. The van der Waals surface area contributed by atoms with Gasteiger partial charge in [0.15, 0.2) is 4.34 Å². The van der Waals surface area contributed by atoms with Gasteiger partial charge in [0.2, 0.25) is 0 Å². The second-order valence-electron chi connectivity index (χ2n) is 2.58. The van der Waals surface area contributed by atoms with Gasteiger partial charge < -0.3 is 0 Å². The van der Waals surface area contributed by atoms with E-state index in [0.29, 0.717) is 0 Å². The average Bonchev–Trinajstić information content (AvgIpc) is 2.69. The van der Waals surface area contributed by atoms with Crippen molar-refractivity contribution in [3.63, 3.8) is 0 Å². The minimum absolute atomic E-state index is 0.810. The van der Waals surface area contributed by atoms with Crippen LogP contribution in [0.25, 0.3) is 0 Å². The quantitative estimate of drug-likeness (QED) is 0.771. The van der Waals surface area contributed by atoms with E-state index in [-0.39, 0.29) is 0 Å². The second kappa shape index (κ2) is 4.77. The van der Waals surface area contributed by atoms with Crippen LogP contribution in [0, 0.1) is 0 Å². The molecule has 0 saturated carbocycles. The molecule has 2 aromatic rings.